The Morgan fingerprint density at radius 1 is 1.19 bits per heavy atom. The lowest BCUT2D eigenvalue weighted by atomic mass is 9.78. The van der Waals surface area contributed by atoms with E-state index in [-0.39, 0.29) is 0 Å². The van der Waals surface area contributed by atoms with E-state index in [1.807, 2.05) is 42.1 Å². The second-order valence-electron chi connectivity index (χ2n) is 8.26. The van der Waals surface area contributed by atoms with Gasteiger partial charge in [-0.05, 0) is 44.1 Å². The van der Waals surface area contributed by atoms with Crippen LogP contribution in [-0.4, -0.2) is 53.0 Å². The number of piperidine rings is 1. The van der Waals surface area contributed by atoms with Crippen molar-refractivity contribution < 1.29 is 0 Å². The topological polar surface area (TPSA) is 76.1 Å². The Morgan fingerprint density at radius 3 is 2.59 bits per heavy atom. The standard InChI is InChI=1S/C20H31N7/c1-25(2)20-23-18(16-12-17(21)13-16)14-19(24-20)26-9-4-15(5-10-26)6-11-27-8-3-7-22-27/h3,7-8,14-17H,4-6,9-13,21H2,1-2H3. The van der Waals surface area contributed by atoms with Gasteiger partial charge in [-0.1, -0.05) is 0 Å². The predicted molar refractivity (Wildman–Crippen MR) is 108 cm³/mol. The third-order valence-corrected chi connectivity index (χ3v) is 5.98. The van der Waals surface area contributed by atoms with Crippen LogP contribution < -0.4 is 15.5 Å². The summed E-state index contributed by atoms with van der Waals surface area (Å²) in [5.74, 6) is 3.15. The molecule has 27 heavy (non-hydrogen) atoms. The lowest BCUT2D eigenvalue weighted by molar-refractivity contribution is 0.343. The van der Waals surface area contributed by atoms with Gasteiger partial charge in [-0.25, -0.2) is 4.98 Å². The normalized spacial score (nSPS) is 23.3. The molecule has 0 radical (unpaired) electrons. The van der Waals surface area contributed by atoms with Crippen molar-refractivity contribution in [3.8, 4) is 0 Å². The minimum Gasteiger partial charge on any atom is -0.356 e. The highest BCUT2D eigenvalue weighted by atomic mass is 15.3. The summed E-state index contributed by atoms with van der Waals surface area (Å²) in [5, 5.41) is 4.31. The van der Waals surface area contributed by atoms with Crippen LogP contribution in [0.3, 0.4) is 0 Å². The van der Waals surface area contributed by atoms with Gasteiger partial charge in [0.25, 0.3) is 0 Å². The summed E-state index contributed by atoms with van der Waals surface area (Å²) in [4.78, 5) is 14.0. The van der Waals surface area contributed by atoms with E-state index in [1.54, 1.807) is 0 Å². The van der Waals surface area contributed by atoms with Crippen molar-refractivity contribution >= 4 is 11.8 Å². The van der Waals surface area contributed by atoms with Gasteiger partial charge in [-0.3, -0.25) is 4.68 Å². The van der Waals surface area contributed by atoms with Gasteiger partial charge in [0.1, 0.15) is 5.82 Å². The van der Waals surface area contributed by atoms with Crippen molar-refractivity contribution in [1.29, 1.82) is 0 Å². The van der Waals surface area contributed by atoms with E-state index >= 15 is 0 Å². The molecule has 0 spiro atoms. The van der Waals surface area contributed by atoms with E-state index in [4.69, 9.17) is 15.7 Å². The van der Waals surface area contributed by atoms with Crippen LogP contribution in [0, 0.1) is 5.92 Å². The van der Waals surface area contributed by atoms with E-state index in [0.717, 1.165) is 55.9 Å². The molecule has 3 heterocycles. The molecule has 1 aliphatic heterocycles. The molecular weight excluding hydrogens is 338 g/mol. The average Bonchev–Trinajstić information content (AvgIpc) is 3.17. The van der Waals surface area contributed by atoms with Crippen molar-refractivity contribution in [3.05, 3.63) is 30.2 Å². The summed E-state index contributed by atoms with van der Waals surface area (Å²) in [5.41, 5.74) is 7.15. The summed E-state index contributed by atoms with van der Waals surface area (Å²) in [6.45, 7) is 3.15. The maximum Gasteiger partial charge on any atom is 0.227 e. The minimum absolute atomic E-state index is 0.335. The number of hydrogen-bond acceptors (Lipinski definition) is 6. The van der Waals surface area contributed by atoms with Gasteiger partial charge in [0.2, 0.25) is 5.95 Å². The maximum absolute atomic E-state index is 5.99. The average molecular weight is 370 g/mol. The number of aryl methyl sites for hydroxylation is 1. The molecule has 7 heteroatoms. The third-order valence-electron chi connectivity index (χ3n) is 5.98. The van der Waals surface area contributed by atoms with Crippen molar-refractivity contribution in [1.82, 2.24) is 19.7 Å². The first kappa shape index (κ1) is 18.2. The zero-order valence-electron chi connectivity index (χ0n) is 16.5. The molecule has 2 N–H and O–H groups in total. The monoisotopic (exact) mass is 369 g/mol. The molecule has 7 nitrogen and oxygen atoms in total. The smallest absolute Gasteiger partial charge is 0.227 e. The summed E-state index contributed by atoms with van der Waals surface area (Å²) < 4.78 is 2.04. The van der Waals surface area contributed by atoms with Crippen LogP contribution in [0.4, 0.5) is 11.8 Å². The quantitative estimate of drug-likeness (QED) is 0.842. The Labute approximate surface area is 161 Å². The molecule has 0 aromatic carbocycles. The molecule has 2 fully saturated rings. The van der Waals surface area contributed by atoms with Crippen LogP contribution >= 0.6 is 0 Å². The van der Waals surface area contributed by atoms with Crippen LogP contribution in [0.15, 0.2) is 24.5 Å². The predicted octanol–water partition coefficient (Wildman–Crippen LogP) is 2.25. The molecule has 1 saturated heterocycles. The van der Waals surface area contributed by atoms with Gasteiger partial charge in [-0.15, -0.1) is 0 Å². The molecule has 2 aromatic rings. The number of nitrogens with zero attached hydrogens (tertiary/aromatic N) is 6. The van der Waals surface area contributed by atoms with Crippen LogP contribution in [0.1, 0.15) is 43.7 Å². The summed E-state index contributed by atoms with van der Waals surface area (Å²) >= 11 is 0. The minimum atomic E-state index is 0.335. The van der Waals surface area contributed by atoms with Crippen molar-refractivity contribution in [3.63, 3.8) is 0 Å². The Kier molecular flexibility index (Phi) is 5.29. The number of nitrogens with two attached hydrogens (primary N) is 1. The van der Waals surface area contributed by atoms with Crippen molar-refractivity contribution in [2.24, 2.45) is 11.7 Å². The second kappa shape index (κ2) is 7.84. The fraction of sp³-hybridized carbons (Fsp3) is 0.650. The first-order chi connectivity index (χ1) is 13.1. The van der Waals surface area contributed by atoms with E-state index < -0.39 is 0 Å². The summed E-state index contributed by atoms with van der Waals surface area (Å²) in [6.07, 6.45) is 9.61. The molecule has 2 aliphatic rings. The fourth-order valence-electron chi connectivity index (χ4n) is 4.11. The van der Waals surface area contributed by atoms with E-state index in [0.29, 0.717) is 12.0 Å². The molecule has 1 saturated carbocycles. The van der Waals surface area contributed by atoms with E-state index in [2.05, 4.69) is 16.1 Å². The zero-order chi connectivity index (χ0) is 18.8. The maximum atomic E-state index is 5.99. The molecule has 1 aliphatic carbocycles. The number of rotatable bonds is 6. The number of anilines is 2. The molecule has 0 bridgehead atoms. The zero-order valence-corrected chi connectivity index (χ0v) is 16.5. The number of aromatic nitrogens is 4. The molecule has 0 atom stereocenters. The van der Waals surface area contributed by atoms with Gasteiger partial charge in [0.15, 0.2) is 0 Å². The first-order valence-corrected chi connectivity index (χ1v) is 10.1. The number of hydrogen-bond donors (Lipinski definition) is 1. The summed E-state index contributed by atoms with van der Waals surface area (Å²) in [7, 11) is 4.02. The van der Waals surface area contributed by atoms with Crippen LogP contribution in [0.25, 0.3) is 0 Å². The SMILES string of the molecule is CN(C)c1nc(C2CC(N)C2)cc(N2CCC(CCn3cccn3)CC2)n1. The van der Waals surface area contributed by atoms with Crippen molar-refractivity contribution in [2.75, 3.05) is 37.0 Å². The summed E-state index contributed by atoms with van der Waals surface area (Å²) in [6, 6.07) is 4.53. The second-order valence-corrected chi connectivity index (χ2v) is 8.26. The van der Waals surface area contributed by atoms with Crippen molar-refractivity contribution in [2.45, 2.75) is 50.6 Å². The van der Waals surface area contributed by atoms with Gasteiger partial charge in [-0.2, -0.15) is 10.1 Å². The molecule has 2 aromatic heterocycles. The Balaban J connectivity index is 1.39. The Bertz CT molecular complexity index is 729. The lowest BCUT2D eigenvalue weighted by Crippen LogP contribution is -2.37. The highest BCUT2D eigenvalue weighted by molar-refractivity contribution is 5.47. The fourth-order valence-corrected chi connectivity index (χ4v) is 4.11. The Hall–Kier alpha value is -2.15. The van der Waals surface area contributed by atoms with Gasteiger partial charge in [0.05, 0.1) is 5.69 Å². The Morgan fingerprint density at radius 2 is 1.96 bits per heavy atom. The lowest BCUT2D eigenvalue weighted by Gasteiger charge is -2.35. The molecule has 0 amide bonds. The van der Waals surface area contributed by atoms with Crippen LogP contribution in [0.5, 0.6) is 0 Å². The third kappa shape index (κ3) is 4.24. The van der Waals surface area contributed by atoms with Gasteiger partial charge in [0, 0.05) is 64.1 Å². The highest BCUT2D eigenvalue weighted by Gasteiger charge is 2.30. The molecule has 0 unspecified atom stereocenters. The first-order valence-electron chi connectivity index (χ1n) is 10.1. The van der Waals surface area contributed by atoms with Gasteiger partial charge >= 0.3 is 0 Å². The largest absolute Gasteiger partial charge is 0.356 e. The van der Waals surface area contributed by atoms with Gasteiger partial charge < -0.3 is 15.5 Å². The molecular formula is C20H31N7. The molecule has 4 rings (SSSR count). The van der Waals surface area contributed by atoms with Crippen LogP contribution in [-0.2, 0) is 6.54 Å². The van der Waals surface area contributed by atoms with Crippen LogP contribution in [0.2, 0.25) is 0 Å². The van der Waals surface area contributed by atoms with E-state index in [1.165, 1.54) is 19.3 Å². The highest BCUT2D eigenvalue weighted by Crippen LogP contribution is 2.36. The van der Waals surface area contributed by atoms with E-state index in [9.17, 15) is 0 Å². The molecule has 146 valence electrons.